The molecule has 0 aliphatic heterocycles. The number of hydrogen-bond donors (Lipinski definition) is 2. The van der Waals surface area contributed by atoms with Gasteiger partial charge in [-0.15, -0.1) is 11.3 Å². The fourth-order valence-corrected chi connectivity index (χ4v) is 2.10. The summed E-state index contributed by atoms with van der Waals surface area (Å²) in [4.78, 5) is 4.18. The van der Waals surface area contributed by atoms with Crippen LogP contribution in [0.2, 0.25) is 0 Å². The van der Waals surface area contributed by atoms with Crippen molar-refractivity contribution >= 4 is 17.0 Å². The topological polar surface area (TPSA) is 59.1 Å². The lowest BCUT2D eigenvalue weighted by atomic mass is 10.1. The van der Waals surface area contributed by atoms with Crippen molar-refractivity contribution in [1.29, 1.82) is 0 Å². The highest BCUT2D eigenvalue weighted by Crippen LogP contribution is 2.30. The van der Waals surface area contributed by atoms with Crippen molar-refractivity contribution in [2.45, 2.75) is 6.61 Å². The van der Waals surface area contributed by atoms with Crippen LogP contribution in [0.1, 0.15) is 5.56 Å². The number of rotatable bonds is 2. The van der Waals surface area contributed by atoms with Gasteiger partial charge in [-0.25, -0.2) is 4.98 Å². The minimum Gasteiger partial charge on any atom is -0.398 e. The predicted molar refractivity (Wildman–Crippen MR) is 57.9 cm³/mol. The van der Waals surface area contributed by atoms with Crippen LogP contribution in [-0.4, -0.2) is 10.1 Å². The van der Waals surface area contributed by atoms with Gasteiger partial charge in [-0.2, -0.15) is 0 Å². The molecule has 0 spiro atoms. The van der Waals surface area contributed by atoms with Gasteiger partial charge in [0.15, 0.2) is 0 Å². The normalized spacial score (nSPS) is 10.4. The highest BCUT2D eigenvalue weighted by atomic mass is 32.1. The summed E-state index contributed by atoms with van der Waals surface area (Å²) >= 11 is 1.52. The first-order chi connectivity index (χ1) is 6.83. The van der Waals surface area contributed by atoms with E-state index in [4.69, 9.17) is 10.8 Å². The fraction of sp³-hybridized carbons (Fsp3) is 0.100. The Kier molecular flexibility index (Phi) is 2.47. The molecule has 0 amide bonds. The third-order valence-corrected chi connectivity index (χ3v) is 2.79. The van der Waals surface area contributed by atoms with Crippen LogP contribution in [0.25, 0.3) is 10.6 Å². The van der Waals surface area contributed by atoms with Crippen LogP contribution in [0, 0.1) is 0 Å². The number of anilines is 1. The van der Waals surface area contributed by atoms with E-state index in [-0.39, 0.29) is 6.61 Å². The molecule has 14 heavy (non-hydrogen) atoms. The van der Waals surface area contributed by atoms with Crippen LogP contribution in [0.15, 0.2) is 29.8 Å². The SMILES string of the molecule is Nc1cccc(CO)c1-c1nccs1. The summed E-state index contributed by atoms with van der Waals surface area (Å²) in [6, 6.07) is 5.50. The fourth-order valence-electron chi connectivity index (χ4n) is 1.36. The van der Waals surface area contributed by atoms with Gasteiger partial charge in [-0.3, -0.25) is 0 Å². The summed E-state index contributed by atoms with van der Waals surface area (Å²) in [7, 11) is 0. The Morgan fingerprint density at radius 3 is 2.93 bits per heavy atom. The van der Waals surface area contributed by atoms with Crippen LogP contribution < -0.4 is 5.73 Å². The molecule has 0 atom stereocenters. The van der Waals surface area contributed by atoms with E-state index in [2.05, 4.69) is 4.98 Å². The van der Waals surface area contributed by atoms with Crippen molar-refractivity contribution in [3.05, 3.63) is 35.3 Å². The third-order valence-electron chi connectivity index (χ3n) is 2.00. The molecule has 0 radical (unpaired) electrons. The summed E-state index contributed by atoms with van der Waals surface area (Å²) in [6.45, 7) is -0.0139. The van der Waals surface area contributed by atoms with E-state index in [0.29, 0.717) is 5.69 Å². The quantitative estimate of drug-likeness (QED) is 0.738. The number of aliphatic hydroxyl groups excluding tert-OH is 1. The second-order valence-corrected chi connectivity index (χ2v) is 3.77. The van der Waals surface area contributed by atoms with Gasteiger partial charge in [0.1, 0.15) is 5.01 Å². The van der Waals surface area contributed by atoms with E-state index in [1.165, 1.54) is 11.3 Å². The molecule has 0 saturated carbocycles. The molecule has 1 aromatic heterocycles. The number of hydrogen-bond acceptors (Lipinski definition) is 4. The molecule has 72 valence electrons. The molecule has 3 N–H and O–H groups in total. The zero-order valence-corrected chi connectivity index (χ0v) is 8.29. The molecule has 1 aromatic carbocycles. The van der Waals surface area contributed by atoms with Crippen molar-refractivity contribution < 1.29 is 5.11 Å². The zero-order chi connectivity index (χ0) is 9.97. The van der Waals surface area contributed by atoms with Gasteiger partial charge in [0, 0.05) is 22.8 Å². The van der Waals surface area contributed by atoms with E-state index in [1.54, 1.807) is 6.20 Å². The van der Waals surface area contributed by atoms with Crippen molar-refractivity contribution in [3.63, 3.8) is 0 Å². The van der Waals surface area contributed by atoms with Crippen molar-refractivity contribution in [2.24, 2.45) is 0 Å². The number of benzene rings is 1. The van der Waals surface area contributed by atoms with Gasteiger partial charge >= 0.3 is 0 Å². The summed E-state index contributed by atoms with van der Waals surface area (Å²) < 4.78 is 0. The lowest BCUT2D eigenvalue weighted by molar-refractivity contribution is 0.282. The van der Waals surface area contributed by atoms with Gasteiger partial charge in [0.25, 0.3) is 0 Å². The first-order valence-corrected chi connectivity index (χ1v) is 5.09. The molecular weight excluding hydrogens is 196 g/mol. The smallest absolute Gasteiger partial charge is 0.125 e. The van der Waals surface area contributed by atoms with E-state index in [1.807, 2.05) is 23.6 Å². The number of aliphatic hydroxyl groups is 1. The third kappa shape index (κ3) is 1.49. The van der Waals surface area contributed by atoms with E-state index in [0.717, 1.165) is 16.1 Å². The van der Waals surface area contributed by atoms with Crippen molar-refractivity contribution in [3.8, 4) is 10.6 Å². The van der Waals surface area contributed by atoms with Gasteiger partial charge in [0.2, 0.25) is 0 Å². The monoisotopic (exact) mass is 206 g/mol. The Hall–Kier alpha value is -1.39. The first kappa shape index (κ1) is 9.18. The number of nitrogen functional groups attached to an aromatic ring is 1. The lowest BCUT2D eigenvalue weighted by Crippen LogP contribution is -1.95. The molecule has 3 nitrogen and oxygen atoms in total. The number of nitrogens with zero attached hydrogens (tertiary/aromatic N) is 1. The Morgan fingerprint density at radius 1 is 1.43 bits per heavy atom. The summed E-state index contributed by atoms with van der Waals surface area (Å²) in [5.74, 6) is 0. The molecular formula is C10H10N2OS. The zero-order valence-electron chi connectivity index (χ0n) is 7.47. The first-order valence-electron chi connectivity index (χ1n) is 4.21. The summed E-state index contributed by atoms with van der Waals surface area (Å²) in [6.07, 6.45) is 1.73. The van der Waals surface area contributed by atoms with E-state index >= 15 is 0 Å². The molecule has 0 bridgehead atoms. The highest BCUT2D eigenvalue weighted by Gasteiger charge is 2.09. The molecule has 1 heterocycles. The number of thiazole rings is 1. The maximum atomic E-state index is 9.16. The van der Waals surface area contributed by atoms with E-state index in [9.17, 15) is 0 Å². The highest BCUT2D eigenvalue weighted by molar-refractivity contribution is 7.13. The second-order valence-electron chi connectivity index (χ2n) is 2.88. The molecule has 0 aliphatic rings. The van der Waals surface area contributed by atoms with Crippen LogP contribution in [0.5, 0.6) is 0 Å². The second kappa shape index (κ2) is 3.77. The Morgan fingerprint density at radius 2 is 2.29 bits per heavy atom. The Bertz CT molecular complexity index is 426. The lowest BCUT2D eigenvalue weighted by Gasteiger charge is -2.07. The summed E-state index contributed by atoms with van der Waals surface area (Å²) in [5, 5.41) is 11.9. The van der Waals surface area contributed by atoms with Gasteiger partial charge in [-0.1, -0.05) is 12.1 Å². The van der Waals surface area contributed by atoms with Gasteiger partial charge in [-0.05, 0) is 11.6 Å². The predicted octanol–water partition coefficient (Wildman–Crippen LogP) is 1.88. The average Bonchev–Trinajstić information content (AvgIpc) is 2.70. The molecule has 0 saturated heterocycles. The van der Waals surface area contributed by atoms with Gasteiger partial charge in [0.05, 0.1) is 6.61 Å². The van der Waals surface area contributed by atoms with Crippen LogP contribution >= 0.6 is 11.3 Å². The van der Waals surface area contributed by atoms with Crippen LogP contribution in [-0.2, 0) is 6.61 Å². The standard InChI is InChI=1S/C10H10N2OS/c11-8-3-1-2-7(6-13)9(8)10-12-4-5-14-10/h1-5,13H,6,11H2. The van der Waals surface area contributed by atoms with Crippen molar-refractivity contribution in [2.75, 3.05) is 5.73 Å². The number of nitrogens with two attached hydrogens (primary N) is 1. The average molecular weight is 206 g/mol. The largest absolute Gasteiger partial charge is 0.398 e. The van der Waals surface area contributed by atoms with Crippen molar-refractivity contribution in [1.82, 2.24) is 4.98 Å². The Labute approximate surface area is 85.8 Å². The molecule has 0 aliphatic carbocycles. The molecule has 2 aromatic rings. The van der Waals surface area contributed by atoms with Crippen LogP contribution in [0.3, 0.4) is 0 Å². The Balaban J connectivity index is 2.61. The van der Waals surface area contributed by atoms with Gasteiger partial charge < -0.3 is 10.8 Å². The minimum absolute atomic E-state index is 0.0139. The number of aromatic nitrogens is 1. The molecule has 4 heteroatoms. The van der Waals surface area contributed by atoms with E-state index < -0.39 is 0 Å². The molecule has 0 unspecified atom stereocenters. The maximum Gasteiger partial charge on any atom is 0.125 e. The maximum absolute atomic E-state index is 9.16. The molecule has 2 rings (SSSR count). The molecule has 0 fully saturated rings. The minimum atomic E-state index is -0.0139. The summed E-state index contributed by atoms with van der Waals surface area (Å²) in [5.41, 5.74) is 8.17. The van der Waals surface area contributed by atoms with Crippen LogP contribution in [0.4, 0.5) is 5.69 Å².